The molecule has 0 bridgehead atoms. The summed E-state index contributed by atoms with van der Waals surface area (Å²) in [4.78, 5) is 33.8. The molecule has 0 aromatic carbocycles. The van der Waals surface area contributed by atoms with Crippen molar-refractivity contribution in [3.05, 3.63) is 12.7 Å². The van der Waals surface area contributed by atoms with Gasteiger partial charge in [0.15, 0.2) is 4.05 Å². The second-order valence-electron chi connectivity index (χ2n) is 2.40. The molecule has 13 heavy (non-hydrogen) atoms. The Morgan fingerprint density at radius 2 is 2.23 bits per heavy atom. The molecule has 5 nitrogen and oxygen atoms in total. The summed E-state index contributed by atoms with van der Waals surface area (Å²) >= 11 is 1.78. The first-order valence-corrected chi connectivity index (χ1v) is 4.71. The molecule has 1 rings (SSSR count). The van der Waals surface area contributed by atoms with Crippen LogP contribution in [0.1, 0.15) is 0 Å². The first kappa shape index (κ1) is 10.2. The summed E-state index contributed by atoms with van der Waals surface area (Å²) in [6.07, 6.45) is 1.88. The highest BCUT2D eigenvalue weighted by Crippen LogP contribution is 2.17. The maximum atomic E-state index is 11.1. The van der Waals surface area contributed by atoms with Crippen LogP contribution < -0.4 is 5.32 Å². The van der Waals surface area contributed by atoms with Crippen LogP contribution in [0.2, 0.25) is 0 Å². The van der Waals surface area contributed by atoms with Gasteiger partial charge in [0.2, 0.25) is 0 Å². The average molecular weight is 294 g/mol. The van der Waals surface area contributed by atoms with Gasteiger partial charge in [-0.3, -0.25) is 15.0 Å². The van der Waals surface area contributed by atoms with Crippen molar-refractivity contribution in [2.45, 2.75) is 10.1 Å². The predicted molar refractivity (Wildman–Crippen MR) is 53.2 cm³/mol. The molecule has 1 aliphatic heterocycles. The number of rotatable bonds is 3. The van der Waals surface area contributed by atoms with E-state index >= 15 is 0 Å². The molecule has 0 radical (unpaired) electrons. The Morgan fingerprint density at radius 1 is 1.62 bits per heavy atom. The van der Waals surface area contributed by atoms with Crippen molar-refractivity contribution in [1.82, 2.24) is 10.2 Å². The smallest absolute Gasteiger partial charge is 0.301 e. The van der Waals surface area contributed by atoms with Gasteiger partial charge in [-0.1, -0.05) is 6.08 Å². The van der Waals surface area contributed by atoms with Gasteiger partial charge < -0.3 is 4.79 Å². The van der Waals surface area contributed by atoms with Crippen LogP contribution in [0.15, 0.2) is 12.7 Å². The van der Waals surface area contributed by atoms with E-state index in [1.54, 1.807) is 22.6 Å². The molecular weight excluding hydrogens is 287 g/mol. The zero-order valence-electron chi connectivity index (χ0n) is 6.57. The van der Waals surface area contributed by atoms with E-state index in [0.29, 0.717) is 6.29 Å². The Bertz CT molecular complexity index is 271. The van der Waals surface area contributed by atoms with Crippen molar-refractivity contribution < 1.29 is 14.4 Å². The van der Waals surface area contributed by atoms with Crippen LogP contribution in [0.3, 0.4) is 0 Å². The standard InChI is InChI=1S/C7H7IN2O3/c1-2-4(3-11)10-5(8)6(12)9-7(10)13/h2-5H,1H2,(H,9,12,13). The number of carbonyl (C=O) groups is 3. The molecule has 70 valence electrons. The van der Waals surface area contributed by atoms with E-state index in [9.17, 15) is 14.4 Å². The van der Waals surface area contributed by atoms with Crippen molar-refractivity contribution in [3.63, 3.8) is 0 Å². The monoisotopic (exact) mass is 294 g/mol. The molecule has 0 aliphatic carbocycles. The molecule has 1 aliphatic rings. The van der Waals surface area contributed by atoms with E-state index in [1.807, 2.05) is 0 Å². The number of halogens is 1. The lowest BCUT2D eigenvalue weighted by Gasteiger charge is -2.20. The van der Waals surface area contributed by atoms with Crippen LogP contribution in [0.5, 0.6) is 0 Å². The van der Waals surface area contributed by atoms with Crippen LogP contribution in [0.25, 0.3) is 0 Å². The minimum atomic E-state index is -0.742. The van der Waals surface area contributed by atoms with Gasteiger partial charge in [0.25, 0.3) is 5.91 Å². The van der Waals surface area contributed by atoms with E-state index in [0.717, 1.165) is 4.90 Å². The molecule has 6 heteroatoms. The highest BCUT2D eigenvalue weighted by atomic mass is 127. The molecule has 0 aromatic heterocycles. The number of nitrogens with zero attached hydrogens (tertiary/aromatic N) is 1. The van der Waals surface area contributed by atoms with Crippen molar-refractivity contribution in [3.8, 4) is 0 Å². The van der Waals surface area contributed by atoms with Crippen molar-refractivity contribution >= 4 is 40.8 Å². The third-order valence-electron chi connectivity index (χ3n) is 1.63. The molecule has 1 heterocycles. The first-order valence-electron chi connectivity index (χ1n) is 3.47. The summed E-state index contributed by atoms with van der Waals surface area (Å²) in [5.74, 6) is -0.403. The van der Waals surface area contributed by atoms with E-state index < -0.39 is 22.0 Å². The Morgan fingerprint density at radius 3 is 2.54 bits per heavy atom. The second-order valence-corrected chi connectivity index (χ2v) is 3.58. The lowest BCUT2D eigenvalue weighted by molar-refractivity contribution is -0.119. The number of amides is 3. The van der Waals surface area contributed by atoms with Gasteiger partial charge in [-0.15, -0.1) is 6.58 Å². The van der Waals surface area contributed by atoms with Crippen molar-refractivity contribution in [2.24, 2.45) is 0 Å². The molecule has 2 atom stereocenters. The maximum absolute atomic E-state index is 11.1. The lowest BCUT2D eigenvalue weighted by Crippen LogP contribution is -2.40. The van der Waals surface area contributed by atoms with E-state index in [1.165, 1.54) is 6.08 Å². The Kier molecular flexibility index (Phi) is 3.02. The summed E-state index contributed by atoms with van der Waals surface area (Å²) in [6.45, 7) is 3.40. The summed E-state index contributed by atoms with van der Waals surface area (Å²) in [5, 5.41) is 2.10. The average Bonchev–Trinajstić information content (AvgIpc) is 2.34. The van der Waals surface area contributed by atoms with Crippen LogP contribution >= 0.6 is 22.6 Å². The van der Waals surface area contributed by atoms with Crippen molar-refractivity contribution in [2.75, 3.05) is 0 Å². The number of aldehydes is 1. The van der Waals surface area contributed by atoms with Gasteiger partial charge in [-0.2, -0.15) is 0 Å². The Labute approximate surface area is 88.3 Å². The second kappa shape index (κ2) is 3.86. The van der Waals surface area contributed by atoms with Gasteiger partial charge in [0.1, 0.15) is 12.3 Å². The fourth-order valence-electron chi connectivity index (χ4n) is 0.980. The van der Waals surface area contributed by atoms with Crippen molar-refractivity contribution in [1.29, 1.82) is 0 Å². The molecular formula is C7H7IN2O3. The number of carbonyl (C=O) groups excluding carboxylic acids is 3. The third kappa shape index (κ3) is 1.71. The number of nitrogens with one attached hydrogen (secondary N) is 1. The summed E-state index contributed by atoms with van der Waals surface area (Å²) in [6, 6.07) is -1.30. The van der Waals surface area contributed by atoms with Gasteiger partial charge in [-0.25, -0.2) is 4.79 Å². The fraction of sp³-hybridized carbons (Fsp3) is 0.286. The van der Waals surface area contributed by atoms with Crippen LogP contribution in [0, 0.1) is 0 Å². The third-order valence-corrected chi connectivity index (χ3v) is 2.79. The van der Waals surface area contributed by atoms with Crippen LogP contribution in [-0.4, -0.2) is 33.2 Å². The largest absolute Gasteiger partial charge is 0.326 e. The quantitative estimate of drug-likeness (QED) is 0.200. The SMILES string of the molecule is C=CC(C=O)N1C(=O)NC(=O)C1I. The molecule has 0 spiro atoms. The number of hydrogen-bond donors (Lipinski definition) is 1. The molecule has 0 aromatic rings. The minimum absolute atomic E-state index is 0.403. The maximum Gasteiger partial charge on any atom is 0.326 e. The zero-order valence-corrected chi connectivity index (χ0v) is 8.72. The molecule has 2 unspecified atom stereocenters. The molecule has 3 amide bonds. The molecule has 1 fully saturated rings. The van der Waals surface area contributed by atoms with Gasteiger partial charge in [-0.05, 0) is 22.6 Å². The van der Waals surface area contributed by atoms with Gasteiger partial charge in [0.05, 0.1) is 0 Å². The minimum Gasteiger partial charge on any atom is -0.301 e. The highest BCUT2D eigenvalue weighted by Gasteiger charge is 2.39. The lowest BCUT2D eigenvalue weighted by atomic mass is 10.3. The van der Waals surface area contributed by atoms with E-state index in [4.69, 9.17) is 0 Å². The first-order chi connectivity index (χ1) is 6.11. The Balaban J connectivity index is 2.89. The summed E-state index contributed by atoms with van der Waals surface area (Å²) in [5.41, 5.74) is 0. The molecule has 0 saturated carbocycles. The zero-order chi connectivity index (χ0) is 10.0. The molecule has 1 saturated heterocycles. The van der Waals surface area contributed by atoms with E-state index in [2.05, 4.69) is 11.9 Å². The highest BCUT2D eigenvalue weighted by molar-refractivity contribution is 14.1. The number of hydrogen-bond acceptors (Lipinski definition) is 3. The van der Waals surface area contributed by atoms with Gasteiger partial charge >= 0.3 is 6.03 Å². The van der Waals surface area contributed by atoms with E-state index in [-0.39, 0.29) is 0 Å². The fourth-order valence-corrected chi connectivity index (χ4v) is 1.76. The number of imide groups is 1. The number of urea groups is 1. The summed E-state index contributed by atoms with van der Waals surface area (Å²) in [7, 11) is 0. The molecule has 1 N–H and O–H groups in total. The normalized spacial score (nSPS) is 24.1. The Hall–Kier alpha value is -0.920. The number of alkyl halides is 1. The predicted octanol–water partition coefficient (Wildman–Crippen LogP) is 0.0528. The topological polar surface area (TPSA) is 66.5 Å². The van der Waals surface area contributed by atoms with Crippen LogP contribution in [0.4, 0.5) is 4.79 Å². The van der Waals surface area contributed by atoms with Crippen LogP contribution in [-0.2, 0) is 9.59 Å². The van der Waals surface area contributed by atoms with Gasteiger partial charge in [0, 0.05) is 0 Å². The summed E-state index contributed by atoms with van der Waals surface area (Å²) < 4.78 is -0.640.